The van der Waals surface area contributed by atoms with Gasteiger partial charge >= 0.3 is 0 Å². The maximum Gasteiger partial charge on any atom is 0.146 e. The van der Waals surface area contributed by atoms with Gasteiger partial charge in [0.15, 0.2) is 0 Å². The Hall–Kier alpha value is -1.42. The minimum atomic E-state index is -0.286. The van der Waals surface area contributed by atoms with E-state index in [2.05, 4.69) is 26.2 Å². The molecule has 0 spiro atoms. The standard InChI is InChI=1S/C12H10BrFN2/c1-8-6-9(13)7-15-12(8)16-11-5-3-2-4-10(11)14/h2-7H,1H3,(H,15,16). The van der Waals surface area contributed by atoms with Crippen molar-refractivity contribution in [2.75, 3.05) is 5.32 Å². The molecule has 2 aromatic rings. The maximum absolute atomic E-state index is 13.4. The predicted molar refractivity (Wildman–Crippen MR) is 66.4 cm³/mol. The molecule has 0 aliphatic carbocycles. The van der Waals surface area contributed by atoms with Crippen LogP contribution in [0.4, 0.5) is 15.9 Å². The van der Waals surface area contributed by atoms with Gasteiger partial charge in [0, 0.05) is 10.7 Å². The fraction of sp³-hybridized carbons (Fsp3) is 0.0833. The van der Waals surface area contributed by atoms with E-state index >= 15 is 0 Å². The van der Waals surface area contributed by atoms with Crippen LogP contribution in [-0.4, -0.2) is 4.98 Å². The van der Waals surface area contributed by atoms with Gasteiger partial charge in [-0.05, 0) is 46.6 Å². The summed E-state index contributed by atoms with van der Waals surface area (Å²) in [6.07, 6.45) is 1.68. The smallest absolute Gasteiger partial charge is 0.146 e. The number of nitrogens with one attached hydrogen (secondary N) is 1. The first kappa shape index (κ1) is 11.1. The highest BCUT2D eigenvalue weighted by Crippen LogP contribution is 2.22. The number of para-hydroxylation sites is 1. The SMILES string of the molecule is Cc1cc(Br)cnc1Nc1ccccc1F. The summed E-state index contributed by atoms with van der Waals surface area (Å²) < 4.78 is 14.3. The average molecular weight is 281 g/mol. The van der Waals surface area contributed by atoms with Gasteiger partial charge in [0.25, 0.3) is 0 Å². The van der Waals surface area contributed by atoms with Crippen molar-refractivity contribution in [1.82, 2.24) is 4.98 Å². The number of pyridine rings is 1. The van der Waals surface area contributed by atoms with Gasteiger partial charge in [0.1, 0.15) is 11.6 Å². The Kier molecular flexibility index (Phi) is 3.19. The number of halogens is 2. The number of hydrogen-bond donors (Lipinski definition) is 1. The van der Waals surface area contributed by atoms with Gasteiger partial charge in [0.05, 0.1) is 5.69 Å². The predicted octanol–water partition coefficient (Wildman–Crippen LogP) is 4.04. The third-order valence-corrected chi connectivity index (χ3v) is 2.61. The first-order valence-corrected chi connectivity index (χ1v) is 5.60. The summed E-state index contributed by atoms with van der Waals surface area (Å²) in [5.74, 6) is 0.375. The van der Waals surface area contributed by atoms with Crippen molar-refractivity contribution in [3.05, 3.63) is 52.4 Å². The third kappa shape index (κ3) is 2.39. The quantitative estimate of drug-likeness (QED) is 0.898. The summed E-state index contributed by atoms with van der Waals surface area (Å²) in [4.78, 5) is 4.19. The molecule has 2 rings (SSSR count). The monoisotopic (exact) mass is 280 g/mol. The van der Waals surface area contributed by atoms with E-state index in [0.29, 0.717) is 11.5 Å². The Morgan fingerprint density at radius 3 is 2.75 bits per heavy atom. The van der Waals surface area contributed by atoms with E-state index in [1.54, 1.807) is 24.4 Å². The molecule has 4 heteroatoms. The van der Waals surface area contributed by atoms with Crippen LogP contribution in [0.2, 0.25) is 0 Å². The van der Waals surface area contributed by atoms with Crippen molar-refractivity contribution in [1.29, 1.82) is 0 Å². The van der Waals surface area contributed by atoms with Crippen LogP contribution in [0.15, 0.2) is 41.0 Å². The topological polar surface area (TPSA) is 24.9 Å². The van der Waals surface area contributed by atoms with E-state index in [4.69, 9.17) is 0 Å². The van der Waals surface area contributed by atoms with Crippen molar-refractivity contribution in [3.63, 3.8) is 0 Å². The fourth-order valence-electron chi connectivity index (χ4n) is 1.36. The lowest BCUT2D eigenvalue weighted by atomic mass is 10.2. The van der Waals surface area contributed by atoms with E-state index in [0.717, 1.165) is 10.0 Å². The molecule has 0 aliphatic rings. The summed E-state index contributed by atoms with van der Waals surface area (Å²) in [7, 11) is 0. The second kappa shape index (κ2) is 4.61. The molecule has 1 aromatic heterocycles. The fourth-order valence-corrected chi connectivity index (χ4v) is 1.81. The van der Waals surface area contributed by atoms with Gasteiger partial charge in [-0.1, -0.05) is 12.1 Å². The summed E-state index contributed by atoms with van der Waals surface area (Å²) in [6, 6.07) is 8.45. The van der Waals surface area contributed by atoms with Crippen molar-refractivity contribution >= 4 is 27.4 Å². The van der Waals surface area contributed by atoms with Crippen molar-refractivity contribution in [3.8, 4) is 0 Å². The molecule has 0 unspecified atom stereocenters. The molecule has 0 radical (unpaired) electrons. The van der Waals surface area contributed by atoms with Crippen LogP contribution in [0.5, 0.6) is 0 Å². The molecular weight excluding hydrogens is 271 g/mol. The molecule has 1 heterocycles. The van der Waals surface area contributed by atoms with E-state index in [1.807, 2.05) is 13.0 Å². The van der Waals surface area contributed by atoms with Crippen LogP contribution in [0.1, 0.15) is 5.56 Å². The van der Waals surface area contributed by atoms with Crippen LogP contribution in [-0.2, 0) is 0 Å². The number of anilines is 2. The minimum absolute atomic E-state index is 0.286. The number of hydrogen-bond acceptors (Lipinski definition) is 2. The molecule has 16 heavy (non-hydrogen) atoms. The molecule has 0 bridgehead atoms. The first-order chi connectivity index (χ1) is 7.66. The Balaban J connectivity index is 2.31. The second-order valence-electron chi connectivity index (χ2n) is 3.42. The third-order valence-electron chi connectivity index (χ3n) is 2.17. The number of benzene rings is 1. The van der Waals surface area contributed by atoms with Crippen molar-refractivity contribution in [2.45, 2.75) is 6.92 Å². The largest absolute Gasteiger partial charge is 0.338 e. The molecular formula is C12H10BrFN2. The zero-order chi connectivity index (χ0) is 11.5. The average Bonchev–Trinajstić information content (AvgIpc) is 2.25. The van der Waals surface area contributed by atoms with E-state index in [9.17, 15) is 4.39 Å². The summed E-state index contributed by atoms with van der Waals surface area (Å²) in [6.45, 7) is 1.92. The normalized spacial score (nSPS) is 10.2. The lowest BCUT2D eigenvalue weighted by Gasteiger charge is -2.09. The zero-order valence-corrected chi connectivity index (χ0v) is 10.3. The molecule has 0 saturated carbocycles. The van der Waals surface area contributed by atoms with Crippen LogP contribution < -0.4 is 5.32 Å². The number of aromatic nitrogens is 1. The Bertz CT molecular complexity index is 514. The van der Waals surface area contributed by atoms with Gasteiger partial charge < -0.3 is 5.32 Å². The van der Waals surface area contributed by atoms with Crippen LogP contribution in [0, 0.1) is 12.7 Å². The van der Waals surface area contributed by atoms with Gasteiger partial charge in [0.2, 0.25) is 0 Å². The maximum atomic E-state index is 13.4. The van der Waals surface area contributed by atoms with Crippen molar-refractivity contribution in [2.24, 2.45) is 0 Å². The zero-order valence-electron chi connectivity index (χ0n) is 8.67. The summed E-state index contributed by atoms with van der Waals surface area (Å²) in [5.41, 5.74) is 1.39. The van der Waals surface area contributed by atoms with Gasteiger partial charge in [-0.3, -0.25) is 0 Å². The highest BCUT2D eigenvalue weighted by atomic mass is 79.9. The molecule has 1 aromatic carbocycles. The second-order valence-corrected chi connectivity index (χ2v) is 4.34. The van der Waals surface area contributed by atoms with Gasteiger partial charge in [-0.25, -0.2) is 9.37 Å². The van der Waals surface area contributed by atoms with Crippen molar-refractivity contribution < 1.29 is 4.39 Å². The molecule has 0 atom stereocenters. The molecule has 1 N–H and O–H groups in total. The van der Waals surface area contributed by atoms with E-state index < -0.39 is 0 Å². The number of rotatable bonds is 2. The molecule has 82 valence electrons. The van der Waals surface area contributed by atoms with Gasteiger partial charge in [-0.2, -0.15) is 0 Å². The summed E-state index contributed by atoms with van der Waals surface area (Å²) >= 11 is 3.33. The minimum Gasteiger partial charge on any atom is -0.338 e. The highest BCUT2D eigenvalue weighted by molar-refractivity contribution is 9.10. The molecule has 0 aliphatic heterocycles. The molecule has 0 fully saturated rings. The van der Waals surface area contributed by atoms with Gasteiger partial charge in [-0.15, -0.1) is 0 Å². The number of nitrogens with zero attached hydrogens (tertiary/aromatic N) is 1. The van der Waals surface area contributed by atoms with Crippen LogP contribution in [0.25, 0.3) is 0 Å². The van der Waals surface area contributed by atoms with E-state index in [1.165, 1.54) is 6.07 Å². The summed E-state index contributed by atoms with van der Waals surface area (Å²) in [5, 5.41) is 2.96. The lowest BCUT2D eigenvalue weighted by molar-refractivity contribution is 0.632. The Morgan fingerprint density at radius 1 is 1.31 bits per heavy atom. The van der Waals surface area contributed by atoms with E-state index in [-0.39, 0.29) is 5.82 Å². The lowest BCUT2D eigenvalue weighted by Crippen LogP contribution is -1.98. The van der Waals surface area contributed by atoms with Crippen LogP contribution >= 0.6 is 15.9 Å². The molecule has 0 amide bonds. The molecule has 2 nitrogen and oxygen atoms in total. The highest BCUT2D eigenvalue weighted by Gasteiger charge is 2.04. The molecule has 0 saturated heterocycles. The van der Waals surface area contributed by atoms with Crippen LogP contribution in [0.3, 0.4) is 0 Å². The first-order valence-electron chi connectivity index (χ1n) is 4.80. The Morgan fingerprint density at radius 2 is 2.06 bits per heavy atom. The number of aryl methyl sites for hydroxylation is 1. The Labute approximate surface area is 102 Å².